The molecule has 0 radical (unpaired) electrons. The van der Waals surface area contributed by atoms with Gasteiger partial charge in [0, 0.05) is 18.4 Å². The lowest BCUT2D eigenvalue weighted by molar-refractivity contribution is -0.113. The van der Waals surface area contributed by atoms with E-state index in [9.17, 15) is 5.11 Å². The Bertz CT molecular complexity index is 490. The molecule has 2 nitrogen and oxygen atoms in total. The zero-order chi connectivity index (χ0) is 14.9. The predicted octanol–water partition coefficient (Wildman–Crippen LogP) is 3.45. The van der Waals surface area contributed by atoms with Crippen LogP contribution in [0.4, 0.5) is 0 Å². The number of aliphatic hydroxyl groups is 1. The van der Waals surface area contributed by atoms with Crippen molar-refractivity contribution in [2.75, 3.05) is 6.54 Å². The van der Waals surface area contributed by atoms with Crippen molar-refractivity contribution < 1.29 is 5.11 Å². The molecule has 0 heterocycles. The van der Waals surface area contributed by atoms with Gasteiger partial charge >= 0.3 is 0 Å². The van der Waals surface area contributed by atoms with Crippen LogP contribution in [0.15, 0.2) is 24.3 Å². The summed E-state index contributed by atoms with van der Waals surface area (Å²) in [6, 6.07) is 8.58. The fourth-order valence-electron chi connectivity index (χ4n) is 4.67. The largest absolute Gasteiger partial charge is 0.389 e. The van der Waals surface area contributed by atoms with Gasteiger partial charge in [-0.1, -0.05) is 37.6 Å². The minimum absolute atomic E-state index is 0.0633. The third kappa shape index (κ3) is 2.53. The molecule has 0 bridgehead atoms. The van der Waals surface area contributed by atoms with Crippen LogP contribution in [-0.4, -0.2) is 17.3 Å². The number of nitrogens with two attached hydrogens (primary N) is 1. The lowest BCUT2D eigenvalue weighted by atomic mass is 9.56. The third-order valence-electron chi connectivity index (χ3n) is 6.43. The van der Waals surface area contributed by atoms with Gasteiger partial charge in [-0.25, -0.2) is 0 Å². The highest BCUT2D eigenvalue weighted by molar-refractivity contribution is 5.32. The Labute approximate surface area is 128 Å². The van der Waals surface area contributed by atoms with Gasteiger partial charge in [-0.15, -0.1) is 0 Å². The van der Waals surface area contributed by atoms with Crippen molar-refractivity contribution in [3.8, 4) is 0 Å². The SMILES string of the molecule is CCC1CCC(CN)(C2(O)CCc3ccccc3C2)CC1. The molecule has 1 atom stereocenters. The molecule has 3 rings (SSSR count). The number of aryl methyl sites for hydroxylation is 1. The van der Waals surface area contributed by atoms with Gasteiger partial charge in [-0.3, -0.25) is 0 Å². The Balaban J connectivity index is 1.84. The van der Waals surface area contributed by atoms with E-state index in [0.29, 0.717) is 6.54 Å². The Kier molecular flexibility index (Phi) is 4.11. The van der Waals surface area contributed by atoms with Crippen LogP contribution in [-0.2, 0) is 12.8 Å². The molecule has 1 aromatic rings. The van der Waals surface area contributed by atoms with Crippen LogP contribution in [0.1, 0.15) is 56.6 Å². The van der Waals surface area contributed by atoms with Crippen molar-refractivity contribution in [2.45, 2.75) is 63.9 Å². The fraction of sp³-hybridized carbons (Fsp3) is 0.684. The van der Waals surface area contributed by atoms with Gasteiger partial charge in [-0.2, -0.15) is 0 Å². The highest BCUT2D eigenvalue weighted by atomic mass is 16.3. The summed E-state index contributed by atoms with van der Waals surface area (Å²) in [7, 11) is 0. The van der Waals surface area contributed by atoms with Crippen molar-refractivity contribution >= 4 is 0 Å². The molecule has 0 aromatic heterocycles. The Morgan fingerprint density at radius 1 is 1.14 bits per heavy atom. The van der Waals surface area contributed by atoms with Crippen LogP contribution >= 0.6 is 0 Å². The minimum atomic E-state index is -0.602. The smallest absolute Gasteiger partial charge is 0.0759 e. The van der Waals surface area contributed by atoms with Crippen LogP contribution in [0.3, 0.4) is 0 Å². The summed E-state index contributed by atoms with van der Waals surface area (Å²) in [6.45, 7) is 2.91. The van der Waals surface area contributed by atoms with Crippen LogP contribution in [0.25, 0.3) is 0 Å². The van der Waals surface area contributed by atoms with Crippen molar-refractivity contribution in [3.63, 3.8) is 0 Å². The van der Waals surface area contributed by atoms with Gasteiger partial charge in [0.25, 0.3) is 0 Å². The highest BCUT2D eigenvalue weighted by Gasteiger charge is 2.51. The summed E-state index contributed by atoms with van der Waals surface area (Å²) in [5.74, 6) is 0.837. The molecule has 1 aromatic carbocycles. The molecule has 0 amide bonds. The second kappa shape index (κ2) is 5.73. The maximum absolute atomic E-state index is 11.5. The second-order valence-electron chi connectivity index (χ2n) is 7.31. The van der Waals surface area contributed by atoms with Crippen LogP contribution < -0.4 is 5.73 Å². The summed E-state index contributed by atoms with van der Waals surface area (Å²) in [5, 5.41) is 11.5. The number of hydrogen-bond donors (Lipinski definition) is 2. The third-order valence-corrected chi connectivity index (χ3v) is 6.43. The molecule has 3 N–H and O–H groups in total. The summed E-state index contributed by atoms with van der Waals surface area (Å²) in [6.07, 6.45) is 8.58. The topological polar surface area (TPSA) is 46.2 Å². The predicted molar refractivity (Wildman–Crippen MR) is 87.2 cm³/mol. The first kappa shape index (κ1) is 15.1. The molecule has 21 heavy (non-hydrogen) atoms. The number of rotatable bonds is 3. The lowest BCUT2D eigenvalue weighted by Gasteiger charge is -2.52. The van der Waals surface area contributed by atoms with E-state index < -0.39 is 5.60 Å². The normalized spacial score (nSPS) is 36.2. The van der Waals surface area contributed by atoms with Crippen molar-refractivity contribution in [1.82, 2.24) is 0 Å². The van der Waals surface area contributed by atoms with E-state index in [1.807, 2.05) is 0 Å². The number of fused-ring (bicyclic) bond motifs is 1. The molecule has 0 aliphatic heterocycles. The van der Waals surface area contributed by atoms with Crippen molar-refractivity contribution in [1.29, 1.82) is 0 Å². The standard InChI is InChI=1S/C19H29NO/c1-2-15-7-10-18(14-20,11-8-15)19(21)12-9-16-5-3-4-6-17(16)13-19/h3-6,15,21H,2,7-14,20H2,1H3. The molecule has 1 fully saturated rings. The maximum atomic E-state index is 11.5. The van der Waals surface area contributed by atoms with E-state index in [4.69, 9.17) is 5.73 Å². The molecular formula is C19H29NO. The summed E-state index contributed by atoms with van der Waals surface area (Å²) >= 11 is 0. The highest BCUT2D eigenvalue weighted by Crippen LogP contribution is 2.51. The maximum Gasteiger partial charge on any atom is 0.0759 e. The summed E-state index contributed by atoms with van der Waals surface area (Å²) < 4.78 is 0. The molecule has 116 valence electrons. The Morgan fingerprint density at radius 3 is 2.43 bits per heavy atom. The van der Waals surface area contributed by atoms with E-state index in [-0.39, 0.29) is 5.41 Å². The summed E-state index contributed by atoms with van der Waals surface area (Å²) in [4.78, 5) is 0. The Morgan fingerprint density at radius 2 is 1.81 bits per heavy atom. The van der Waals surface area contributed by atoms with Gasteiger partial charge in [0.2, 0.25) is 0 Å². The molecule has 2 heteroatoms. The molecule has 2 aliphatic carbocycles. The quantitative estimate of drug-likeness (QED) is 0.894. The first-order valence-corrected chi connectivity index (χ1v) is 8.62. The zero-order valence-electron chi connectivity index (χ0n) is 13.3. The van der Waals surface area contributed by atoms with Gasteiger partial charge in [0.05, 0.1) is 5.60 Å². The van der Waals surface area contributed by atoms with E-state index in [0.717, 1.165) is 38.0 Å². The van der Waals surface area contributed by atoms with Crippen molar-refractivity contribution in [3.05, 3.63) is 35.4 Å². The van der Waals surface area contributed by atoms with Crippen LogP contribution in [0.2, 0.25) is 0 Å². The van der Waals surface area contributed by atoms with E-state index >= 15 is 0 Å². The Hall–Kier alpha value is -0.860. The minimum Gasteiger partial charge on any atom is -0.389 e. The fourth-order valence-corrected chi connectivity index (χ4v) is 4.67. The number of hydrogen-bond acceptors (Lipinski definition) is 2. The van der Waals surface area contributed by atoms with Crippen LogP contribution in [0, 0.1) is 11.3 Å². The van der Waals surface area contributed by atoms with E-state index in [1.54, 1.807) is 0 Å². The van der Waals surface area contributed by atoms with Gasteiger partial charge in [0.1, 0.15) is 0 Å². The average Bonchev–Trinajstić information content (AvgIpc) is 2.54. The molecule has 0 spiro atoms. The molecule has 0 saturated heterocycles. The van der Waals surface area contributed by atoms with E-state index in [2.05, 4.69) is 31.2 Å². The van der Waals surface area contributed by atoms with Crippen molar-refractivity contribution in [2.24, 2.45) is 17.1 Å². The first-order chi connectivity index (χ1) is 10.1. The zero-order valence-corrected chi connectivity index (χ0v) is 13.3. The lowest BCUT2D eigenvalue weighted by Crippen LogP contribution is -2.57. The van der Waals surface area contributed by atoms with E-state index in [1.165, 1.54) is 30.4 Å². The molecule has 1 saturated carbocycles. The summed E-state index contributed by atoms with van der Waals surface area (Å²) in [5.41, 5.74) is 8.28. The van der Waals surface area contributed by atoms with Gasteiger partial charge < -0.3 is 10.8 Å². The second-order valence-corrected chi connectivity index (χ2v) is 7.31. The molecule has 2 aliphatic rings. The van der Waals surface area contributed by atoms with Gasteiger partial charge in [-0.05, 0) is 55.6 Å². The molecule has 1 unspecified atom stereocenters. The monoisotopic (exact) mass is 287 g/mol. The van der Waals surface area contributed by atoms with Crippen LogP contribution in [0.5, 0.6) is 0 Å². The first-order valence-electron chi connectivity index (χ1n) is 8.62. The van der Waals surface area contributed by atoms with Gasteiger partial charge in [0.15, 0.2) is 0 Å². The molecular weight excluding hydrogens is 258 g/mol. The average molecular weight is 287 g/mol. The number of benzene rings is 1.